The second-order valence-electron chi connectivity index (χ2n) is 6.93. The maximum atomic E-state index is 12.4. The summed E-state index contributed by atoms with van der Waals surface area (Å²) >= 11 is 0. The first-order chi connectivity index (χ1) is 15.1. The predicted octanol–water partition coefficient (Wildman–Crippen LogP) is 3.48. The minimum Gasteiger partial charge on any atom is -0.486 e. The van der Waals surface area contributed by atoms with Crippen LogP contribution in [0.5, 0.6) is 11.5 Å². The zero-order valence-corrected chi connectivity index (χ0v) is 18.0. The minimum absolute atomic E-state index is 0.0238. The molecular formula is C20H20N2O9S. The number of hydrogen-bond donors (Lipinski definition) is 0. The lowest BCUT2D eigenvalue weighted by atomic mass is 10.1. The fourth-order valence-corrected chi connectivity index (χ4v) is 3.89. The van der Waals surface area contributed by atoms with E-state index in [-0.39, 0.29) is 40.7 Å². The summed E-state index contributed by atoms with van der Waals surface area (Å²) in [6.07, 6.45) is 0.167. The quantitative estimate of drug-likeness (QED) is 0.325. The number of benzene rings is 2. The molecule has 11 nitrogen and oxygen atoms in total. The van der Waals surface area contributed by atoms with Crippen LogP contribution in [-0.2, 0) is 14.3 Å². The summed E-state index contributed by atoms with van der Waals surface area (Å²) in [7, 11) is -4.06. The summed E-state index contributed by atoms with van der Waals surface area (Å²) < 4.78 is 41.2. The van der Waals surface area contributed by atoms with Gasteiger partial charge in [0.05, 0.1) is 14.7 Å². The highest BCUT2D eigenvalue weighted by atomic mass is 32.2. The third-order valence-electron chi connectivity index (χ3n) is 4.67. The van der Waals surface area contributed by atoms with Gasteiger partial charge in [0, 0.05) is 18.6 Å². The topological polar surface area (TPSA) is 148 Å². The van der Waals surface area contributed by atoms with Gasteiger partial charge in [0.25, 0.3) is 15.8 Å². The second kappa shape index (κ2) is 9.32. The Hall–Kier alpha value is -3.51. The molecule has 1 aliphatic heterocycles. The molecule has 0 bridgehead atoms. The van der Waals surface area contributed by atoms with Crippen LogP contribution in [0, 0.1) is 27.2 Å². The zero-order chi connectivity index (χ0) is 23.5. The Labute approximate surface area is 183 Å². The van der Waals surface area contributed by atoms with E-state index >= 15 is 0 Å². The number of aryl methyl sites for hydroxylation is 1. The molecule has 0 N–H and O–H groups in total. The molecule has 1 atom stereocenters. The molecule has 0 aliphatic carbocycles. The van der Waals surface area contributed by atoms with Gasteiger partial charge in [-0.15, -0.1) is 0 Å². The van der Waals surface area contributed by atoms with Crippen molar-refractivity contribution in [1.82, 2.24) is 0 Å². The molecule has 32 heavy (non-hydrogen) atoms. The van der Waals surface area contributed by atoms with E-state index in [2.05, 4.69) is 0 Å². The van der Waals surface area contributed by atoms with Crippen LogP contribution >= 0.6 is 0 Å². The average molecular weight is 464 g/mol. The Morgan fingerprint density at radius 3 is 2.47 bits per heavy atom. The molecule has 0 radical (unpaired) electrons. The highest BCUT2D eigenvalue weighted by Crippen LogP contribution is 2.42. The summed E-state index contributed by atoms with van der Waals surface area (Å²) in [6, 6.07) is 8.57. The Kier molecular flexibility index (Phi) is 6.75. The van der Waals surface area contributed by atoms with Crippen molar-refractivity contribution in [3.8, 4) is 11.5 Å². The predicted molar refractivity (Wildman–Crippen MR) is 113 cm³/mol. The molecule has 170 valence electrons. The molecule has 0 spiro atoms. The minimum atomic E-state index is -4.06. The summed E-state index contributed by atoms with van der Waals surface area (Å²) in [6.45, 7) is 2.86. The summed E-state index contributed by atoms with van der Waals surface area (Å²) in [5.74, 6) is 0.0675. The number of allylic oxidation sites excluding steroid dienone is 1. The fraction of sp³-hybridized carbons (Fsp3) is 0.300. The Balaban J connectivity index is 1.88. The van der Waals surface area contributed by atoms with Crippen LogP contribution in [0.3, 0.4) is 0 Å². The lowest BCUT2D eigenvalue weighted by Crippen LogP contribution is -2.34. The van der Waals surface area contributed by atoms with Gasteiger partial charge in [-0.2, -0.15) is 8.42 Å². The number of nitrogens with zero attached hydrogens (tertiary/aromatic N) is 2. The maximum absolute atomic E-state index is 12.4. The molecule has 0 saturated heterocycles. The van der Waals surface area contributed by atoms with Gasteiger partial charge in [-0.3, -0.25) is 24.4 Å². The van der Waals surface area contributed by atoms with E-state index in [0.29, 0.717) is 0 Å². The van der Waals surface area contributed by atoms with Gasteiger partial charge in [0.15, 0.2) is 17.6 Å². The first kappa shape index (κ1) is 23.2. The van der Waals surface area contributed by atoms with Crippen LogP contribution in [0.25, 0.3) is 6.08 Å². The average Bonchev–Trinajstić information content (AvgIpc) is 2.75. The number of nitro benzene ring substituents is 1. The van der Waals surface area contributed by atoms with Gasteiger partial charge >= 0.3 is 0 Å². The lowest BCUT2D eigenvalue weighted by Gasteiger charge is -2.27. The normalized spacial score (nSPS) is 15.9. The smallest absolute Gasteiger partial charge is 0.297 e. The summed E-state index contributed by atoms with van der Waals surface area (Å²) in [4.78, 5) is 21.3. The molecule has 1 heterocycles. The van der Waals surface area contributed by atoms with Crippen molar-refractivity contribution < 1.29 is 31.9 Å². The first-order valence-electron chi connectivity index (χ1n) is 9.54. The van der Waals surface area contributed by atoms with E-state index in [1.165, 1.54) is 24.3 Å². The van der Waals surface area contributed by atoms with Gasteiger partial charge in [-0.1, -0.05) is 24.6 Å². The highest BCUT2D eigenvalue weighted by Gasteiger charge is 2.31. The fourth-order valence-electron chi connectivity index (χ4n) is 2.96. The lowest BCUT2D eigenvalue weighted by molar-refractivity contribution is -0.425. The van der Waals surface area contributed by atoms with Crippen molar-refractivity contribution in [3.63, 3.8) is 0 Å². The van der Waals surface area contributed by atoms with Crippen molar-refractivity contribution in [2.75, 3.05) is 13.2 Å². The molecule has 12 heteroatoms. The van der Waals surface area contributed by atoms with E-state index in [1.807, 2.05) is 6.92 Å². The monoisotopic (exact) mass is 464 g/mol. The first-order valence-corrected chi connectivity index (χ1v) is 10.9. The Bertz CT molecular complexity index is 1170. The zero-order valence-electron chi connectivity index (χ0n) is 17.2. The van der Waals surface area contributed by atoms with Crippen molar-refractivity contribution in [3.05, 3.63) is 73.5 Å². The van der Waals surface area contributed by atoms with E-state index in [1.54, 1.807) is 19.1 Å². The standard InChI is InChI=1S/C20H20N2O9S/c1-3-14(21(23)24)10-17-18(22(25)26)8-9-19-20(17)31-15(11-29-19)12-30-32(27,28)16-6-4-13(2)5-7-16/h4-10,15H,3,11-12H2,1-2H3/t15-/m1/s1. The molecule has 0 saturated carbocycles. The third kappa shape index (κ3) is 5.03. The molecule has 0 amide bonds. The number of rotatable bonds is 8. The van der Waals surface area contributed by atoms with E-state index in [4.69, 9.17) is 13.7 Å². The highest BCUT2D eigenvalue weighted by molar-refractivity contribution is 7.86. The third-order valence-corrected chi connectivity index (χ3v) is 5.97. The largest absolute Gasteiger partial charge is 0.486 e. The van der Waals surface area contributed by atoms with E-state index < -0.39 is 38.4 Å². The van der Waals surface area contributed by atoms with Gasteiger partial charge in [0.1, 0.15) is 18.8 Å². The van der Waals surface area contributed by atoms with E-state index in [0.717, 1.165) is 11.6 Å². The van der Waals surface area contributed by atoms with E-state index in [9.17, 15) is 28.6 Å². The second-order valence-corrected chi connectivity index (χ2v) is 8.55. The summed E-state index contributed by atoms with van der Waals surface area (Å²) in [5.41, 5.74) is 0.0829. The molecule has 2 aromatic rings. The number of ether oxygens (including phenoxy) is 2. The van der Waals surface area contributed by atoms with Crippen molar-refractivity contribution in [2.24, 2.45) is 0 Å². The molecule has 1 aliphatic rings. The van der Waals surface area contributed by atoms with Gasteiger partial charge in [-0.25, -0.2) is 0 Å². The Morgan fingerprint density at radius 2 is 1.88 bits per heavy atom. The van der Waals surface area contributed by atoms with Gasteiger partial charge in [-0.05, 0) is 25.1 Å². The Morgan fingerprint density at radius 1 is 1.19 bits per heavy atom. The van der Waals surface area contributed by atoms with Gasteiger partial charge in [0.2, 0.25) is 5.70 Å². The SMILES string of the molecule is CCC(=Cc1c([N+](=O)[O-])ccc2c1O[C@@H](COS(=O)(=O)c1ccc(C)cc1)CO2)[N+](=O)[O-]. The molecule has 0 unspecified atom stereocenters. The van der Waals surface area contributed by atoms with Gasteiger partial charge < -0.3 is 9.47 Å². The van der Waals surface area contributed by atoms with Crippen LogP contribution in [0.4, 0.5) is 5.69 Å². The van der Waals surface area contributed by atoms with Crippen LogP contribution in [0.15, 0.2) is 47.0 Å². The molecule has 0 fully saturated rings. The molecule has 2 aromatic carbocycles. The van der Waals surface area contributed by atoms with Crippen molar-refractivity contribution in [2.45, 2.75) is 31.3 Å². The van der Waals surface area contributed by atoms with Crippen LogP contribution in [0.1, 0.15) is 24.5 Å². The number of nitro groups is 2. The number of fused-ring (bicyclic) bond motifs is 1. The maximum Gasteiger partial charge on any atom is 0.297 e. The van der Waals surface area contributed by atoms with Crippen molar-refractivity contribution in [1.29, 1.82) is 0 Å². The van der Waals surface area contributed by atoms with Crippen LogP contribution in [-0.4, -0.2) is 37.6 Å². The molecule has 3 rings (SSSR count). The van der Waals surface area contributed by atoms with Crippen LogP contribution < -0.4 is 9.47 Å². The number of hydrogen-bond acceptors (Lipinski definition) is 9. The molecule has 0 aromatic heterocycles. The van der Waals surface area contributed by atoms with Crippen molar-refractivity contribution >= 4 is 21.9 Å². The van der Waals surface area contributed by atoms with Crippen LogP contribution in [0.2, 0.25) is 0 Å². The molecular weight excluding hydrogens is 444 g/mol. The summed E-state index contributed by atoms with van der Waals surface area (Å²) in [5, 5.41) is 22.7.